The minimum Gasteiger partial charge on any atom is -0.308 e. The second-order valence-electron chi connectivity index (χ2n) is 19.0. The van der Waals surface area contributed by atoms with Crippen LogP contribution >= 0.6 is 0 Å². The predicted octanol–water partition coefficient (Wildman–Crippen LogP) is 18.2. The van der Waals surface area contributed by atoms with Crippen molar-refractivity contribution in [1.82, 2.24) is 8.80 Å². The second-order valence-corrected chi connectivity index (χ2v) is 19.0. The molecule has 310 valence electrons. The molecule has 0 saturated carbocycles. The highest BCUT2D eigenvalue weighted by molar-refractivity contribution is 6.33. The first kappa shape index (κ1) is 35.3. The van der Waals surface area contributed by atoms with Crippen molar-refractivity contribution in [3.05, 3.63) is 218 Å². The van der Waals surface area contributed by atoms with Gasteiger partial charge in [0.15, 0.2) is 0 Å². The molecule has 4 heterocycles. The van der Waals surface area contributed by atoms with Crippen molar-refractivity contribution in [2.24, 2.45) is 0 Å². The van der Waals surface area contributed by atoms with Gasteiger partial charge in [-0.25, -0.2) is 0 Å². The van der Waals surface area contributed by atoms with Gasteiger partial charge in [0.25, 0.3) is 0 Å². The monoisotopic (exact) mass is 856 g/mol. The quantitative estimate of drug-likeness (QED) is 0.124. The van der Waals surface area contributed by atoms with Gasteiger partial charge in [-0.1, -0.05) is 182 Å². The number of hydrogen-bond donors (Lipinski definition) is 0. The van der Waals surface area contributed by atoms with Crippen molar-refractivity contribution in [2.75, 3.05) is 0 Å². The van der Waals surface area contributed by atoms with Crippen LogP contribution in [0.3, 0.4) is 0 Å². The maximum atomic E-state index is 2.54. The Balaban J connectivity index is 1.06. The Hall–Kier alpha value is -8.98. The first-order valence-electron chi connectivity index (χ1n) is 23.8. The van der Waals surface area contributed by atoms with Crippen molar-refractivity contribution < 1.29 is 0 Å². The molecule has 0 N–H and O–H groups in total. The van der Waals surface area contributed by atoms with Crippen LogP contribution in [0.1, 0.15) is 0 Å². The Labute approximate surface area is 388 Å². The SMILES string of the molecule is c1cc2ccc3cccc4c(-c5c6cccc(-c7ccc8c9ccccc9n9c%10ccccc%10c7c89)c6cc6c(-c7ccc8c9ccccc9n9c%10ccccc%10c7c89)cccc56)cc(c1)c2c34. The zero-order valence-electron chi connectivity index (χ0n) is 36.7. The van der Waals surface area contributed by atoms with Crippen LogP contribution < -0.4 is 0 Å². The molecular formula is C66H36N2. The molecule has 0 aliphatic carbocycles. The molecule has 4 aromatic heterocycles. The number of nitrogens with zero attached hydrogens (tertiary/aromatic N) is 2. The van der Waals surface area contributed by atoms with Crippen LogP contribution in [-0.4, -0.2) is 8.80 Å². The molecule has 0 bridgehead atoms. The molecule has 0 radical (unpaired) electrons. The molecule has 0 spiro atoms. The van der Waals surface area contributed by atoms with Crippen LogP contribution in [0.4, 0.5) is 0 Å². The molecule has 2 nitrogen and oxygen atoms in total. The number of fused-ring (bicyclic) bond motifs is 14. The maximum absolute atomic E-state index is 2.54. The van der Waals surface area contributed by atoms with E-state index in [2.05, 4.69) is 227 Å². The van der Waals surface area contributed by atoms with Gasteiger partial charge in [0.05, 0.1) is 33.1 Å². The van der Waals surface area contributed by atoms with Gasteiger partial charge in [0.2, 0.25) is 0 Å². The lowest BCUT2D eigenvalue weighted by Crippen LogP contribution is -1.93. The van der Waals surface area contributed by atoms with E-state index in [1.807, 2.05) is 0 Å². The highest BCUT2D eigenvalue weighted by Gasteiger charge is 2.26. The molecule has 0 aliphatic rings. The fourth-order valence-electron chi connectivity index (χ4n) is 13.3. The largest absolute Gasteiger partial charge is 0.308 e. The Bertz CT molecular complexity index is 4780. The molecule has 0 amide bonds. The molecule has 0 saturated heterocycles. The Morgan fingerprint density at radius 1 is 0.206 bits per heavy atom. The standard InChI is InChI=1S/C66H36N2/c1-5-25-56-42(16-1)49-33-31-47(63-51-18-3-7-27-58(51)67(56)65(49)63)40-20-11-23-44-53(40)36-54-41(48-32-34-50-43-17-2-6-26-57(43)68-59-28-8-4-19-52(59)64(48)66(50)68)21-12-24-45(54)62(44)55-35-39-15-9-13-37-29-30-38-14-10-22-46(55)61(38)60(37)39/h1-36H. The van der Waals surface area contributed by atoms with Gasteiger partial charge < -0.3 is 8.80 Å². The molecule has 0 fully saturated rings. The number of benzene rings is 13. The smallest absolute Gasteiger partial charge is 0.0626 e. The zero-order valence-corrected chi connectivity index (χ0v) is 36.7. The fourth-order valence-corrected chi connectivity index (χ4v) is 13.3. The van der Waals surface area contributed by atoms with Crippen molar-refractivity contribution in [1.29, 1.82) is 0 Å². The summed E-state index contributed by atoms with van der Waals surface area (Å²) < 4.78 is 5.01. The van der Waals surface area contributed by atoms with Gasteiger partial charge in [0, 0.05) is 43.1 Å². The lowest BCUT2D eigenvalue weighted by molar-refractivity contribution is 1.37. The third-order valence-electron chi connectivity index (χ3n) is 15.9. The number of para-hydroxylation sites is 4. The third kappa shape index (κ3) is 4.22. The van der Waals surface area contributed by atoms with Crippen LogP contribution in [0.25, 0.3) is 163 Å². The molecule has 68 heavy (non-hydrogen) atoms. The van der Waals surface area contributed by atoms with E-state index in [9.17, 15) is 0 Å². The van der Waals surface area contributed by atoms with Gasteiger partial charge in [-0.05, 0) is 124 Å². The van der Waals surface area contributed by atoms with E-state index in [1.54, 1.807) is 0 Å². The highest BCUT2D eigenvalue weighted by atomic mass is 14.9. The van der Waals surface area contributed by atoms with Crippen LogP contribution in [-0.2, 0) is 0 Å². The summed E-state index contributed by atoms with van der Waals surface area (Å²) in [5, 5.41) is 23.1. The van der Waals surface area contributed by atoms with E-state index in [0.717, 1.165) is 0 Å². The lowest BCUT2D eigenvalue weighted by Gasteiger charge is -2.21. The molecular weight excluding hydrogens is 821 g/mol. The van der Waals surface area contributed by atoms with Gasteiger partial charge in [0.1, 0.15) is 0 Å². The van der Waals surface area contributed by atoms with Gasteiger partial charge in [-0.3, -0.25) is 0 Å². The summed E-state index contributed by atoms with van der Waals surface area (Å²) in [7, 11) is 0. The van der Waals surface area contributed by atoms with E-state index in [4.69, 9.17) is 0 Å². The number of hydrogen-bond acceptors (Lipinski definition) is 0. The second kappa shape index (κ2) is 12.5. The molecule has 0 aliphatic heterocycles. The molecule has 0 atom stereocenters. The van der Waals surface area contributed by atoms with E-state index >= 15 is 0 Å². The van der Waals surface area contributed by atoms with E-state index in [-0.39, 0.29) is 0 Å². The normalized spacial score (nSPS) is 12.7. The lowest BCUT2D eigenvalue weighted by atomic mass is 9.82. The van der Waals surface area contributed by atoms with Gasteiger partial charge in [-0.2, -0.15) is 0 Å². The topological polar surface area (TPSA) is 8.82 Å². The predicted molar refractivity (Wildman–Crippen MR) is 291 cm³/mol. The minimum absolute atomic E-state index is 1.24. The number of rotatable bonds is 3. The van der Waals surface area contributed by atoms with Crippen molar-refractivity contribution in [3.8, 4) is 33.4 Å². The Morgan fingerprint density at radius 3 is 1.19 bits per heavy atom. The zero-order chi connectivity index (χ0) is 43.9. The van der Waals surface area contributed by atoms with Crippen LogP contribution in [0.15, 0.2) is 218 Å². The number of aromatic nitrogens is 2. The summed E-state index contributed by atoms with van der Waals surface area (Å²) >= 11 is 0. The van der Waals surface area contributed by atoms with Crippen LogP contribution in [0.5, 0.6) is 0 Å². The summed E-state index contributed by atoms with van der Waals surface area (Å²) in [6.07, 6.45) is 0. The van der Waals surface area contributed by atoms with E-state index in [1.165, 1.54) is 163 Å². The summed E-state index contributed by atoms with van der Waals surface area (Å²) in [4.78, 5) is 0. The maximum Gasteiger partial charge on any atom is 0.0626 e. The average molecular weight is 857 g/mol. The average Bonchev–Trinajstić information content (AvgIpc) is 4.14. The molecule has 2 heteroatoms. The summed E-state index contributed by atoms with van der Waals surface area (Å²) in [5.41, 5.74) is 15.1. The highest BCUT2D eigenvalue weighted by Crippen LogP contribution is 2.52. The van der Waals surface area contributed by atoms with Crippen molar-refractivity contribution in [3.63, 3.8) is 0 Å². The first-order valence-corrected chi connectivity index (χ1v) is 23.8. The minimum atomic E-state index is 1.24. The Kier molecular flexibility index (Phi) is 6.47. The molecule has 17 aromatic rings. The first-order chi connectivity index (χ1) is 33.8. The van der Waals surface area contributed by atoms with E-state index < -0.39 is 0 Å². The summed E-state index contributed by atoms with van der Waals surface area (Å²) in [6, 6.07) is 82.7. The van der Waals surface area contributed by atoms with Crippen molar-refractivity contribution >= 4 is 130 Å². The Morgan fingerprint density at radius 2 is 0.632 bits per heavy atom. The van der Waals surface area contributed by atoms with Gasteiger partial charge in [-0.15, -0.1) is 0 Å². The summed E-state index contributed by atoms with van der Waals surface area (Å²) in [5.74, 6) is 0. The molecule has 0 unspecified atom stereocenters. The van der Waals surface area contributed by atoms with E-state index in [0.29, 0.717) is 0 Å². The fraction of sp³-hybridized carbons (Fsp3) is 0. The van der Waals surface area contributed by atoms with Crippen LogP contribution in [0.2, 0.25) is 0 Å². The van der Waals surface area contributed by atoms with Crippen LogP contribution in [0, 0.1) is 0 Å². The third-order valence-corrected chi connectivity index (χ3v) is 15.9. The van der Waals surface area contributed by atoms with Crippen molar-refractivity contribution in [2.45, 2.75) is 0 Å². The molecule has 17 rings (SSSR count). The summed E-state index contributed by atoms with van der Waals surface area (Å²) in [6.45, 7) is 0. The van der Waals surface area contributed by atoms with Gasteiger partial charge >= 0.3 is 0 Å². The molecule has 13 aromatic carbocycles.